The van der Waals surface area contributed by atoms with E-state index < -0.39 is 11.9 Å². The minimum Gasteiger partial charge on any atom is -0.386 e. The Kier molecular flexibility index (Phi) is 2.63. The van der Waals surface area contributed by atoms with Crippen LogP contribution in [0.2, 0.25) is 0 Å². The van der Waals surface area contributed by atoms with E-state index in [0.717, 1.165) is 0 Å². The normalized spacial score (nSPS) is 17.6. The molecule has 0 aromatic carbocycles. The van der Waals surface area contributed by atoms with Crippen LogP contribution < -0.4 is 0 Å². The van der Waals surface area contributed by atoms with Gasteiger partial charge in [-0.1, -0.05) is 36.5 Å². The summed E-state index contributed by atoms with van der Waals surface area (Å²) in [4.78, 5) is 22.8. The molecule has 76 valence electrons. The lowest BCUT2D eigenvalue weighted by Gasteiger charge is -2.03. The Morgan fingerprint density at radius 1 is 0.933 bits per heavy atom. The first-order valence-electron chi connectivity index (χ1n) is 4.75. The van der Waals surface area contributed by atoms with Gasteiger partial charge in [-0.2, -0.15) is 0 Å². The monoisotopic (exact) mass is 202 g/mol. The fourth-order valence-electron chi connectivity index (χ4n) is 1.41. The van der Waals surface area contributed by atoms with E-state index in [9.17, 15) is 9.59 Å². The van der Waals surface area contributed by atoms with Gasteiger partial charge in [-0.25, -0.2) is 9.59 Å². The van der Waals surface area contributed by atoms with E-state index in [1.54, 1.807) is 24.3 Å². The van der Waals surface area contributed by atoms with E-state index in [1.165, 1.54) is 0 Å². The molecule has 3 heteroatoms. The highest BCUT2D eigenvalue weighted by Crippen LogP contribution is 2.16. The van der Waals surface area contributed by atoms with Crippen LogP contribution in [0.1, 0.15) is 12.8 Å². The van der Waals surface area contributed by atoms with Crippen molar-refractivity contribution in [3.8, 4) is 0 Å². The number of hydrogen-bond donors (Lipinski definition) is 0. The summed E-state index contributed by atoms with van der Waals surface area (Å²) >= 11 is 0. The van der Waals surface area contributed by atoms with Crippen molar-refractivity contribution in [1.29, 1.82) is 0 Å². The summed E-state index contributed by atoms with van der Waals surface area (Å²) in [6.45, 7) is 0. The lowest BCUT2D eigenvalue weighted by molar-refractivity contribution is -0.154. The van der Waals surface area contributed by atoms with Gasteiger partial charge in [0.15, 0.2) is 0 Å². The van der Waals surface area contributed by atoms with Gasteiger partial charge in [0.1, 0.15) is 0 Å². The van der Waals surface area contributed by atoms with Crippen LogP contribution in [0.25, 0.3) is 0 Å². The molecule has 0 radical (unpaired) electrons. The third-order valence-corrected chi connectivity index (χ3v) is 2.25. The second-order valence-corrected chi connectivity index (χ2v) is 3.33. The van der Waals surface area contributed by atoms with E-state index in [0.29, 0.717) is 24.0 Å². The van der Waals surface area contributed by atoms with Gasteiger partial charge in [-0.15, -0.1) is 0 Å². The maximum absolute atomic E-state index is 11.4. The maximum atomic E-state index is 11.4. The second-order valence-electron chi connectivity index (χ2n) is 3.33. The number of hydrogen-bond acceptors (Lipinski definition) is 3. The average Bonchev–Trinajstić information content (AvgIpc) is 2.91. The van der Waals surface area contributed by atoms with E-state index >= 15 is 0 Å². The van der Waals surface area contributed by atoms with Crippen molar-refractivity contribution in [2.24, 2.45) is 0 Å². The Labute approximate surface area is 87.4 Å². The van der Waals surface area contributed by atoms with E-state index in [-0.39, 0.29) is 0 Å². The van der Waals surface area contributed by atoms with Crippen LogP contribution in [0, 0.1) is 0 Å². The number of carbonyl (C=O) groups is 2. The first-order chi connectivity index (χ1) is 7.27. The molecular weight excluding hydrogens is 192 g/mol. The Morgan fingerprint density at radius 3 is 1.73 bits per heavy atom. The van der Waals surface area contributed by atoms with Crippen LogP contribution in [0.4, 0.5) is 0 Å². The van der Waals surface area contributed by atoms with Gasteiger partial charge >= 0.3 is 11.9 Å². The Morgan fingerprint density at radius 2 is 1.40 bits per heavy atom. The molecule has 0 atom stereocenters. The van der Waals surface area contributed by atoms with Gasteiger partial charge in [0.2, 0.25) is 0 Å². The van der Waals surface area contributed by atoms with Gasteiger partial charge in [0.05, 0.1) is 0 Å². The predicted octanol–water partition coefficient (Wildman–Crippen LogP) is 1.83. The second kappa shape index (κ2) is 4.09. The summed E-state index contributed by atoms with van der Waals surface area (Å²) in [6.07, 6.45) is 11.7. The summed E-state index contributed by atoms with van der Waals surface area (Å²) < 4.78 is 4.72. The molecule has 0 saturated heterocycles. The number of esters is 2. The summed E-state index contributed by atoms with van der Waals surface area (Å²) in [5, 5.41) is 0. The first-order valence-corrected chi connectivity index (χ1v) is 4.75. The molecule has 2 rings (SSSR count). The zero-order valence-electron chi connectivity index (χ0n) is 8.10. The molecule has 0 aromatic heterocycles. The van der Waals surface area contributed by atoms with Crippen molar-refractivity contribution >= 4 is 11.9 Å². The third-order valence-electron chi connectivity index (χ3n) is 2.25. The van der Waals surface area contributed by atoms with Crippen molar-refractivity contribution < 1.29 is 14.3 Å². The van der Waals surface area contributed by atoms with Gasteiger partial charge in [0, 0.05) is 11.1 Å². The number of rotatable bonds is 2. The van der Waals surface area contributed by atoms with E-state index in [4.69, 9.17) is 4.74 Å². The Hall–Kier alpha value is -1.90. The zero-order chi connectivity index (χ0) is 10.7. The lowest BCUT2D eigenvalue weighted by Crippen LogP contribution is -2.14. The van der Waals surface area contributed by atoms with Gasteiger partial charge in [-0.3, -0.25) is 0 Å². The summed E-state index contributed by atoms with van der Waals surface area (Å²) in [7, 11) is 0. The van der Waals surface area contributed by atoms with Crippen LogP contribution in [0.15, 0.2) is 47.6 Å². The van der Waals surface area contributed by atoms with Gasteiger partial charge in [-0.05, 0) is 12.8 Å². The number of carbonyl (C=O) groups excluding carboxylic acids is 2. The largest absolute Gasteiger partial charge is 0.386 e. The SMILES string of the molecule is O=C(OC(=O)C1=CC=CC1)C1=CC=CC1. The Bertz CT molecular complexity index is 382. The Balaban J connectivity index is 1.92. The lowest BCUT2D eigenvalue weighted by atomic mass is 10.2. The molecule has 0 N–H and O–H groups in total. The molecule has 2 aliphatic rings. The molecule has 0 fully saturated rings. The number of allylic oxidation sites excluding steroid dienone is 6. The number of ether oxygens (including phenoxy) is 1. The van der Waals surface area contributed by atoms with Crippen molar-refractivity contribution in [3.05, 3.63) is 47.6 Å². The molecule has 3 nitrogen and oxygen atoms in total. The minimum atomic E-state index is -0.544. The highest BCUT2D eigenvalue weighted by molar-refractivity contribution is 6.02. The third kappa shape index (κ3) is 2.13. The minimum absolute atomic E-state index is 0.523. The quantitative estimate of drug-likeness (QED) is 0.506. The molecule has 0 aromatic rings. The summed E-state index contributed by atoms with van der Waals surface area (Å²) in [5.74, 6) is -1.09. The van der Waals surface area contributed by atoms with E-state index in [2.05, 4.69) is 0 Å². The van der Waals surface area contributed by atoms with Crippen molar-refractivity contribution in [1.82, 2.24) is 0 Å². The highest BCUT2D eigenvalue weighted by atomic mass is 16.6. The first kappa shape index (κ1) is 9.65. The van der Waals surface area contributed by atoms with Gasteiger partial charge < -0.3 is 4.74 Å². The standard InChI is InChI=1S/C12H10O3/c13-11(9-5-1-2-6-9)15-12(14)10-7-3-4-8-10/h1-5,7H,6,8H2. The molecule has 0 saturated carbocycles. The van der Waals surface area contributed by atoms with Crippen molar-refractivity contribution in [2.75, 3.05) is 0 Å². The molecule has 0 bridgehead atoms. The van der Waals surface area contributed by atoms with Crippen LogP contribution in [0.5, 0.6) is 0 Å². The molecular formula is C12H10O3. The van der Waals surface area contributed by atoms with Crippen molar-refractivity contribution in [3.63, 3.8) is 0 Å². The summed E-state index contributed by atoms with van der Waals surface area (Å²) in [6, 6.07) is 0. The van der Waals surface area contributed by atoms with Crippen LogP contribution in [0.3, 0.4) is 0 Å². The zero-order valence-corrected chi connectivity index (χ0v) is 8.10. The van der Waals surface area contributed by atoms with Crippen LogP contribution in [-0.2, 0) is 14.3 Å². The average molecular weight is 202 g/mol. The smallest absolute Gasteiger partial charge is 0.342 e. The molecule has 0 unspecified atom stereocenters. The fraction of sp³-hybridized carbons (Fsp3) is 0.167. The summed E-state index contributed by atoms with van der Waals surface area (Å²) in [5.41, 5.74) is 1.05. The van der Waals surface area contributed by atoms with Crippen molar-refractivity contribution in [2.45, 2.75) is 12.8 Å². The highest BCUT2D eigenvalue weighted by Gasteiger charge is 2.19. The fourth-order valence-corrected chi connectivity index (χ4v) is 1.41. The predicted molar refractivity (Wildman–Crippen MR) is 54.8 cm³/mol. The molecule has 0 aliphatic heterocycles. The van der Waals surface area contributed by atoms with Gasteiger partial charge in [0.25, 0.3) is 0 Å². The molecule has 0 spiro atoms. The van der Waals surface area contributed by atoms with Crippen LogP contribution >= 0.6 is 0 Å². The van der Waals surface area contributed by atoms with E-state index in [1.807, 2.05) is 12.2 Å². The molecule has 0 amide bonds. The van der Waals surface area contributed by atoms with Crippen LogP contribution in [-0.4, -0.2) is 11.9 Å². The molecule has 0 heterocycles. The topological polar surface area (TPSA) is 43.4 Å². The molecule has 15 heavy (non-hydrogen) atoms. The molecule has 2 aliphatic carbocycles. The maximum Gasteiger partial charge on any atom is 0.342 e.